The van der Waals surface area contributed by atoms with Crippen molar-refractivity contribution in [3.63, 3.8) is 0 Å². The zero-order valence-electron chi connectivity index (χ0n) is 9.32. The number of rotatable bonds is 10. The molecule has 0 rings (SSSR count). The first-order valence-electron chi connectivity index (χ1n) is 5.75. The molecule has 88 valence electrons. The summed E-state index contributed by atoms with van der Waals surface area (Å²) in [7, 11) is 0. The fourth-order valence-corrected chi connectivity index (χ4v) is 1.38. The van der Waals surface area contributed by atoms with Crippen molar-refractivity contribution in [3.8, 4) is 0 Å². The van der Waals surface area contributed by atoms with Crippen LogP contribution in [0.4, 0.5) is 0 Å². The van der Waals surface area contributed by atoms with Crippen LogP contribution in [-0.2, 0) is 4.79 Å². The Bertz CT molecular complexity index is 176. The first-order valence-corrected chi connectivity index (χ1v) is 5.75. The van der Waals surface area contributed by atoms with E-state index in [-0.39, 0.29) is 6.42 Å². The van der Waals surface area contributed by atoms with Gasteiger partial charge in [-0.15, -0.1) is 0 Å². The van der Waals surface area contributed by atoms with Gasteiger partial charge in [0, 0.05) is 6.61 Å². The van der Waals surface area contributed by atoms with E-state index in [1.165, 1.54) is 19.3 Å². The lowest BCUT2D eigenvalue weighted by Crippen LogP contribution is -1.89. The molecule has 2 N–H and O–H groups in total. The Labute approximate surface area is 91.8 Å². The molecule has 0 aliphatic rings. The minimum atomic E-state index is -0.768. The van der Waals surface area contributed by atoms with Crippen LogP contribution in [0, 0.1) is 0 Å². The van der Waals surface area contributed by atoms with Gasteiger partial charge in [-0.25, -0.2) is 0 Å². The first kappa shape index (κ1) is 14.2. The standard InChI is InChI=1S/C12H22O3/c13-11-9-7-5-3-1-2-4-6-8-10-12(14)15/h6,8,13H,1-5,7,9-11H2,(H,14,15). The Morgan fingerprint density at radius 1 is 0.933 bits per heavy atom. The smallest absolute Gasteiger partial charge is 0.307 e. The van der Waals surface area contributed by atoms with Gasteiger partial charge in [-0.05, 0) is 19.3 Å². The van der Waals surface area contributed by atoms with Crippen LogP contribution in [0.15, 0.2) is 12.2 Å². The third-order valence-corrected chi connectivity index (χ3v) is 2.24. The highest BCUT2D eigenvalue weighted by molar-refractivity contribution is 5.68. The average molecular weight is 214 g/mol. The molecule has 0 atom stereocenters. The minimum absolute atomic E-state index is 0.135. The highest BCUT2D eigenvalue weighted by Gasteiger charge is 1.91. The van der Waals surface area contributed by atoms with Crippen molar-refractivity contribution in [2.45, 2.75) is 51.4 Å². The van der Waals surface area contributed by atoms with E-state index in [1.807, 2.05) is 6.08 Å². The molecule has 0 aliphatic carbocycles. The molecule has 0 aromatic heterocycles. The molecule has 0 saturated carbocycles. The van der Waals surface area contributed by atoms with Crippen molar-refractivity contribution >= 4 is 5.97 Å². The van der Waals surface area contributed by atoms with Crippen molar-refractivity contribution < 1.29 is 15.0 Å². The number of hydrogen-bond acceptors (Lipinski definition) is 2. The summed E-state index contributed by atoms with van der Waals surface area (Å²) < 4.78 is 0. The van der Waals surface area contributed by atoms with Gasteiger partial charge < -0.3 is 10.2 Å². The van der Waals surface area contributed by atoms with E-state index in [9.17, 15) is 4.79 Å². The molecule has 15 heavy (non-hydrogen) atoms. The molecule has 0 unspecified atom stereocenters. The van der Waals surface area contributed by atoms with Crippen LogP contribution in [-0.4, -0.2) is 22.8 Å². The third-order valence-electron chi connectivity index (χ3n) is 2.24. The first-order chi connectivity index (χ1) is 7.27. The average Bonchev–Trinajstić information content (AvgIpc) is 2.20. The van der Waals surface area contributed by atoms with Gasteiger partial charge in [0.15, 0.2) is 0 Å². The van der Waals surface area contributed by atoms with Crippen molar-refractivity contribution in [1.29, 1.82) is 0 Å². The summed E-state index contributed by atoms with van der Waals surface area (Å²) in [6, 6.07) is 0. The lowest BCUT2D eigenvalue weighted by Gasteiger charge is -1.98. The van der Waals surface area contributed by atoms with Crippen LogP contribution >= 0.6 is 0 Å². The molecule has 0 aliphatic heterocycles. The molecule has 3 heteroatoms. The van der Waals surface area contributed by atoms with Gasteiger partial charge in [-0.3, -0.25) is 4.79 Å². The van der Waals surface area contributed by atoms with E-state index in [4.69, 9.17) is 10.2 Å². The van der Waals surface area contributed by atoms with Gasteiger partial charge in [0.05, 0.1) is 6.42 Å². The van der Waals surface area contributed by atoms with E-state index in [0.717, 1.165) is 25.7 Å². The van der Waals surface area contributed by atoms with E-state index in [0.29, 0.717) is 6.61 Å². The second-order valence-corrected chi connectivity index (χ2v) is 3.70. The van der Waals surface area contributed by atoms with Gasteiger partial charge in [0.25, 0.3) is 0 Å². The quantitative estimate of drug-likeness (QED) is 0.434. The molecule has 0 spiro atoms. The number of hydrogen-bond donors (Lipinski definition) is 2. The maximum Gasteiger partial charge on any atom is 0.307 e. The second kappa shape index (κ2) is 11.2. The molecule has 0 radical (unpaired) electrons. The number of aliphatic hydroxyl groups excluding tert-OH is 1. The van der Waals surface area contributed by atoms with Gasteiger partial charge in [-0.2, -0.15) is 0 Å². The molecule has 0 saturated heterocycles. The van der Waals surface area contributed by atoms with E-state index < -0.39 is 5.97 Å². The summed E-state index contributed by atoms with van der Waals surface area (Å²) in [5.41, 5.74) is 0. The number of carbonyl (C=O) groups is 1. The van der Waals surface area contributed by atoms with Crippen LogP contribution in [0.25, 0.3) is 0 Å². The zero-order chi connectivity index (χ0) is 11.4. The van der Waals surface area contributed by atoms with Crippen LogP contribution in [0.1, 0.15) is 51.4 Å². The monoisotopic (exact) mass is 214 g/mol. The molecule has 0 fully saturated rings. The summed E-state index contributed by atoms with van der Waals surface area (Å²) in [6.07, 6.45) is 11.5. The van der Waals surface area contributed by atoms with Crippen molar-refractivity contribution in [3.05, 3.63) is 12.2 Å². The number of aliphatic carboxylic acids is 1. The molecule has 0 bridgehead atoms. The third kappa shape index (κ3) is 13.2. The van der Waals surface area contributed by atoms with Gasteiger partial charge >= 0.3 is 5.97 Å². The van der Waals surface area contributed by atoms with Crippen molar-refractivity contribution in [2.24, 2.45) is 0 Å². The molecule has 0 aromatic carbocycles. The molecular formula is C12H22O3. The fraction of sp³-hybridized carbons (Fsp3) is 0.750. The summed E-state index contributed by atoms with van der Waals surface area (Å²) >= 11 is 0. The maximum absolute atomic E-state index is 10.2. The zero-order valence-corrected chi connectivity index (χ0v) is 9.32. The van der Waals surface area contributed by atoms with E-state index in [2.05, 4.69) is 0 Å². The molecule has 3 nitrogen and oxygen atoms in total. The minimum Gasteiger partial charge on any atom is -0.481 e. The number of aliphatic hydroxyl groups is 1. The summed E-state index contributed by atoms with van der Waals surface area (Å²) in [5, 5.41) is 16.9. The topological polar surface area (TPSA) is 57.5 Å². The normalized spacial score (nSPS) is 11.0. The van der Waals surface area contributed by atoms with E-state index >= 15 is 0 Å². The number of unbranched alkanes of at least 4 members (excludes halogenated alkanes) is 6. The lowest BCUT2D eigenvalue weighted by atomic mass is 10.1. The molecular weight excluding hydrogens is 192 g/mol. The molecule has 0 amide bonds. The SMILES string of the molecule is O=C(O)CC=CCCCCCCCCO. The largest absolute Gasteiger partial charge is 0.481 e. The van der Waals surface area contributed by atoms with Gasteiger partial charge in [0.2, 0.25) is 0 Å². The van der Waals surface area contributed by atoms with Crippen molar-refractivity contribution in [1.82, 2.24) is 0 Å². The predicted molar refractivity (Wildman–Crippen MR) is 60.8 cm³/mol. The maximum atomic E-state index is 10.2. The van der Waals surface area contributed by atoms with Crippen molar-refractivity contribution in [2.75, 3.05) is 6.61 Å². The summed E-state index contributed by atoms with van der Waals surface area (Å²) in [6.45, 7) is 0.303. The molecule has 0 aromatic rings. The summed E-state index contributed by atoms with van der Waals surface area (Å²) in [5.74, 6) is -0.768. The Balaban J connectivity index is 3.04. The number of allylic oxidation sites excluding steroid dienone is 1. The fourth-order valence-electron chi connectivity index (χ4n) is 1.38. The van der Waals surface area contributed by atoms with Crippen LogP contribution in [0.2, 0.25) is 0 Å². The van der Waals surface area contributed by atoms with Gasteiger partial charge in [-0.1, -0.05) is 37.8 Å². The number of carboxylic acid groups (broad SMARTS) is 1. The Morgan fingerprint density at radius 2 is 1.53 bits per heavy atom. The van der Waals surface area contributed by atoms with Crippen LogP contribution in [0.3, 0.4) is 0 Å². The van der Waals surface area contributed by atoms with Crippen LogP contribution in [0.5, 0.6) is 0 Å². The Morgan fingerprint density at radius 3 is 2.13 bits per heavy atom. The molecule has 0 heterocycles. The highest BCUT2D eigenvalue weighted by atomic mass is 16.4. The second-order valence-electron chi connectivity index (χ2n) is 3.70. The van der Waals surface area contributed by atoms with Gasteiger partial charge in [0.1, 0.15) is 0 Å². The van der Waals surface area contributed by atoms with E-state index in [1.54, 1.807) is 6.08 Å². The predicted octanol–water partition coefficient (Wildman–Crippen LogP) is 2.74. The summed E-state index contributed by atoms with van der Waals surface area (Å²) in [4.78, 5) is 10.2. The Kier molecular flexibility index (Phi) is 10.6. The number of carboxylic acids is 1. The lowest BCUT2D eigenvalue weighted by molar-refractivity contribution is -0.136. The van der Waals surface area contributed by atoms with Crippen LogP contribution < -0.4 is 0 Å². The Hall–Kier alpha value is -0.830. The highest BCUT2D eigenvalue weighted by Crippen LogP contribution is 2.07.